The number of pyridine rings is 1. The average molecular weight is 493 g/mol. The molecule has 2 saturated carbocycles. The first-order valence-corrected chi connectivity index (χ1v) is 13.0. The van der Waals surface area contributed by atoms with Crippen LogP contribution in [0.25, 0.3) is 17.2 Å². The molecule has 0 bridgehead atoms. The summed E-state index contributed by atoms with van der Waals surface area (Å²) in [6.45, 7) is 4.15. The summed E-state index contributed by atoms with van der Waals surface area (Å²) >= 11 is 0. The zero-order chi connectivity index (χ0) is 25.2. The first kappa shape index (κ1) is 24.5. The van der Waals surface area contributed by atoms with Crippen molar-refractivity contribution in [1.29, 1.82) is 0 Å². The highest BCUT2D eigenvalue weighted by Gasteiger charge is 2.54. The molecule has 1 saturated heterocycles. The van der Waals surface area contributed by atoms with Crippen LogP contribution in [0.3, 0.4) is 0 Å². The second-order valence-electron chi connectivity index (χ2n) is 10.3. The molecule has 2 heterocycles. The van der Waals surface area contributed by atoms with Gasteiger partial charge in [0.25, 0.3) is 0 Å². The van der Waals surface area contributed by atoms with Crippen molar-refractivity contribution in [3.8, 4) is 11.1 Å². The van der Waals surface area contributed by atoms with E-state index in [9.17, 15) is 14.0 Å². The molecule has 7 heteroatoms. The minimum absolute atomic E-state index is 0.0679. The van der Waals surface area contributed by atoms with Crippen LogP contribution in [0, 0.1) is 35.4 Å². The van der Waals surface area contributed by atoms with E-state index in [1.54, 1.807) is 19.2 Å². The normalized spacial score (nSPS) is 31.4. The van der Waals surface area contributed by atoms with Gasteiger partial charge in [-0.25, -0.2) is 9.18 Å². The van der Waals surface area contributed by atoms with Crippen molar-refractivity contribution < 1.29 is 23.5 Å². The number of nitrogens with zero attached hydrogens (tertiary/aromatic N) is 1. The highest BCUT2D eigenvalue weighted by molar-refractivity contribution is 5.75. The van der Waals surface area contributed by atoms with Gasteiger partial charge in [0.15, 0.2) is 0 Å². The number of carbonyl (C=O) groups excluding carboxylic acids is 2. The summed E-state index contributed by atoms with van der Waals surface area (Å²) in [5.74, 6) is 0.629. The van der Waals surface area contributed by atoms with Crippen LogP contribution >= 0.6 is 0 Å². The van der Waals surface area contributed by atoms with Gasteiger partial charge in [0.05, 0.1) is 18.2 Å². The van der Waals surface area contributed by atoms with Crippen molar-refractivity contribution >= 4 is 18.1 Å². The molecule has 0 radical (unpaired) electrons. The van der Waals surface area contributed by atoms with Crippen LogP contribution < -0.4 is 5.32 Å². The summed E-state index contributed by atoms with van der Waals surface area (Å²) in [7, 11) is 0. The van der Waals surface area contributed by atoms with Crippen molar-refractivity contribution in [1.82, 2.24) is 10.3 Å². The number of ether oxygens (including phenoxy) is 2. The van der Waals surface area contributed by atoms with Crippen LogP contribution in [0.15, 0.2) is 48.7 Å². The molecule has 1 aromatic carbocycles. The molecule has 3 fully saturated rings. The Hall–Kier alpha value is -3.22. The highest BCUT2D eigenvalue weighted by Crippen LogP contribution is 2.53. The molecule has 0 spiro atoms. The van der Waals surface area contributed by atoms with Gasteiger partial charge in [-0.15, -0.1) is 0 Å². The van der Waals surface area contributed by atoms with Crippen molar-refractivity contribution in [2.24, 2.45) is 29.6 Å². The van der Waals surface area contributed by atoms with Crippen LogP contribution in [0.5, 0.6) is 0 Å². The number of carbonyl (C=O) groups is 2. The quantitative estimate of drug-likeness (QED) is 0.548. The number of nitrogens with one attached hydrogen (secondary N) is 1. The van der Waals surface area contributed by atoms with Crippen LogP contribution in [-0.2, 0) is 14.3 Å². The monoisotopic (exact) mass is 492 g/mol. The number of allylic oxidation sites excluding steroid dienone is 1. The third kappa shape index (κ3) is 5.01. The number of halogens is 1. The van der Waals surface area contributed by atoms with E-state index in [1.165, 1.54) is 12.1 Å². The Morgan fingerprint density at radius 3 is 2.83 bits per heavy atom. The van der Waals surface area contributed by atoms with Gasteiger partial charge in [-0.3, -0.25) is 9.78 Å². The number of hydrogen-bond donors (Lipinski definition) is 1. The molecule has 2 aliphatic carbocycles. The third-order valence-electron chi connectivity index (χ3n) is 8.18. The van der Waals surface area contributed by atoms with E-state index in [4.69, 9.17) is 9.47 Å². The maximum absolute atomic E-state index is 13.6. The lowest BCUT2D eigenvalue weighted by molar-refractivity contribution is -0.144. The maximum atomic E-state index is 13.6. The molecule has 1 N–H and O–H groups in total. The minimum atomic E-state index is -0.368. The summed E-state index contributed by atoms with van der Waals surface area (Å²) in [5.41, 5.74) is 2.48. The molecule has 7 atom stereocenters. The van der Waals surface area contributed by atoms with Crippen LogP contribution in [0.2, 0.25) is 0 Å². The zero-order valence-corrected chi connectivity index (χ0v) is 20.7. The van der Waals surface area contributed by atoms with E-state index in [1.807, 2.05) is 31.2 Å². The predicted octanol–water partition coefficient (Wildman–Crippen LogP) is 5.63. The van der Waals surface area contributed by atoms with Crippen LogP contribution in [0.1, 0.15) is 45.2 Å². The SMILES string of the molecule is CCOC(=O)N[C@H]1CC[C@@H]2[C@@H](C1)C[C@H]1C(=O)O[C@@H](C)[C@@H]1[C@@H]2C=Cc1ccc(-c2cccc(F)c2)cn1. The fourth-order valence-corrected chi connectivity index (χ4v) is 6.64. The number of fused-ring (bicyclic) bond motifs is 2. The van der Waals surface area contributed by atoms with Gasteiger partial charge >= 0.3 is 12.1 Å². The van der Waals surface area contributed by atoms with Crippen molar-refractivity contribution in [2.75, 3.05) is 6.61 Å². The Kier molecular flexibility index (Phi) is 7.08. The molecular weight excluding hydrogens is 459 g/mol. The van der Waals surface area contributed by atoms with Crippen LogP contribution in [0.4, 0.5) is 9.18 Å². The largest absolute Gasteiger partial charge is 0.462 e. The molecule has 0 unspecified atom stereocenters. The van der Waals surface area contributed by atoms with E-state index in [-0.39, 0.29) is 47.8 Å². The van der Waals surface area contributed by atoms with Gasteiger partial charge in [-0.2, -0.15) is 0 Å². The molecule has 36 heavy (non-hydrogen) atoms. The third-order valence-corrected chi connectivity index (χ3v) is 8.18. The fourth-order valence-electron chi connectivity index (χ4n) is 6.64. The lowest BCUT2D eigenvalue weighted by Gasteiger charge is -2.47. The minimum Gasteiger partial charge on any atom is -0.462 e. The number of amides is 1. The second kappa shape index (κ2) is 10.4. The molecular formula is C29H33FN2O4. The van der Waals surface area contributed by atoms with E-state index in [2.05, 4.69) is 16.4 Å². The predicted molar refractivity (Wildman–Crippen MR) is 134 cm³/mol. The Labute approximate surface area is 211 Å². The molecule has 5 rings (SSSR count). The van der Waals surface area contributed by atoms with Gasteiger partial charge in [0.2, 0.25) is 0 Å². The standard InChI is InChI=1S/C29H33FN2O4/c1-3-35-29(34)32-23-10-11-24-20(14-23)15-26-27(17(2)36-28(26)33)25(24)12-9-22-8-7-19(16-31-22)18-5-4-6-21(30)13-18/h4-9,12-13,16-17,20,23-27H,3,10-11,14-15H2,1-2H3,(H,32,34)/t17-,20-,23-,24+,25+,26+,27+/m0/s1. The summed E-state index contributed by atoms with van der Waals surface area (Å²) in [6.07, 6.45) is 9.07. The van der Waals surface area contributed by atoms with Crippen LogP contribution in [-0.4, -0.2) is 35.8 Å². The zero-order valence-electron chi connectivity index (χ0n) is 20.7. The molecule has 1 amide bonds. The van der Waals surface area contributed by atoms with E-state index >= 15 is 0 Å². The first-order valence-electron chi connectivity index (χ1n) is 13.0. The number of cyclic esters (lactones) is 1. The van der Waals surface area contributed by atoms with E-state index < -0.39 is 0 Å². The number of hydrogen-bond acceptors (Lipinski definition) is 5. The van der Waals surface area contributed by atoms with E-state index in [0.717, 1.165) is 42.5 Å². The van der Waals surface area contributed by atoms with Gasteiger partial charge in [-0.1, -0.05) is 24.3 Å². The Morgan fingerprint density at radius 2 is 2.08 bits per heavy atom. The molecule has 190 valence electrons. The second-order valence-corrected chi connectivity index (χ2v) is 10.3. The van der Waals surface area contributed by atoms with Gasteiger partial charge < -0.3 is 14.8 Å². The molecule has 1 aliphatic heterocycles. The molecule has 1 aromatic heterocycles. The Bertz CT molecular complexity index is 1130. The molecule has 2 aromatic rings. The van der Waals surface area contributed by atoms with Gasteiger partial charge in [0.1, 0.15) is 11.9 Å². The summed E-state index contributed by atoms with van der Waals surface area (Å²) in [5, 5.41) is 3.00. The van der Waals surface area contributed by atoms with Crippen molar-refractivity contribution in [3.63, 3.8) is 0 Å². The number of esters is 1. The molecule has 6 nitrogen and oxygen atoms in total. The Balaban J connectivity index is 1.34. The topological polar surface area (TPSA) is 77.5 Å². The first-order chi connectivity index (χ1) is 17.4. The highest BCUT2D eigenvalue weighted by atomic mass is 19.1. The van der Waals surface area contributed by atoms with Gasteiger partial charge in [-0.05, 0) is 87.1 Å². The number of benzene rings is 1. The summed E-state index contributed by atoms with van der Waals surface area (Å²) in [6, 6.07) is 10.4. The maximum Gasteiger partial charge on any atom is 0.407 e. The number of aromatic nitrogens is 1. The van der Waals surface area contributed by atoms with Crippen molar-refractivity contribution in [3.05, 3.63) is 60.2 Å². The van der Waals surface area contributed by atoms with E-state index in [0.29, 0.717) is 18.4 Å². The van der Waals surface area contributed by atoms with Gasteiger partial charge in [0, 0.05) is 23.7 Å². The van der Waals surface area contributed by atoms with Crippen molar-refractivity contribution in [2.45, 2.75) is 51.7 Å². The lowest BCUT2D eigenvalue weighted by atomic mass is 9.57. The fraction of sp³-hybridized carbons (Fsp3) is 0.483. The molecule has 3 aliphatic rings. The smallest absolute Gasteiger partial charge is 0.407 e. The number of rotatable bonds is 5. The Morgan fingerprint density at radius 1 is 1.22 bits per heavy atom. The summed E-state index contributed by atoms with van der Waals surface area (Å²) in [4.78, 5) is 29.2. The summed E-state index contributed by atoms with van der Waals surface area (Å²) < 4.78 is 24.3. The number of alkyl carbamates (subject to hydrolysis) is 1. The lowest BCUT2D eigenvalue weighted by Crippen LogP contribution is -2.48. The average Bonchev–Trinajstić information content (AvgIpc) is 3.15.